The van der Waals surface area contributed by atoms with Crippen molar-refractivity contribution < 1.29 is 9.53 Å². The molecule has 0 aliphatic heterocycles. The predicted octanol–water partition coefficient (Wildman–Crippen LogP) is 3.97. The van der Waals surface area contributed by atoms with Crippen LogP contribution >= 0.6 is 0 Å². The van der Waals surface area contributed by atoms with Gasteiger partial charge >= 0.3 is 6.09 Å². The van der Waals surface area contributed by atoms with Crippen molar-refractivity contribution in [2.75, 3.05) is 13.2 Å². The molecule has 4 nitrogen and oxygen atoms in total. The average Bonchev–Trinajstić information content (AvgIpc) is 3.04. The van der Waals surface area contributed by atoms with Crippen molar-refractivity contribution in [1.29, 1.82) is 0 Å². The van der Waals surface area contributed by atoms with E-state index < -0.39 is 6.09 Å². The van der Waals surface area contributed by atoms with E-state index in [0.717, 1.165) is 5.56 Å². The Kier molecular flexibility index (Phi) is 4.84. The van der Waals surface area contributed by atoms with Crippen molar-refractivity contribution in [3.63, 3.8) is 0 Å². The van der Waals surface area contributed by atoms with Gasteiger partial charge in [0.2, 0.25) is 0 Å². The zero-order valence-corrected chi connectivity index (χ0v) is 14.7. The number of nitrogens with one attached hydrogen (secondary N) is 1. The van der Waals surface area contributed by atoms with Gasteiger partial charge in [0.25, 0.3) is 0 Å². The summed E-state index contributed by atoms with van der Waals surface area (Å²) in [6.45, 7) is 0.529. The van der Waals surface area contributed by atoms with Crippen molar-refractivity contribution in [2.24, 2.45) is 0 Å². The fraction of sp³-hybridized carbons (Fsp3) is 0.130. The van der Waals surface area contributed by atoms with Gasteiger partial charge in [-0.3, -0.25) is 4.98 Å². The second kappa shape index (κ2) is 7.76. The van der Waals surface area contributed by atoms with Gasteiger partial charge in [-0.25, -0.2) is 4.79 Å². The van der Waals surface area contributed by atoms with Gasteiger partial charge < -0.3 is 10.1 Å². The molecule has 2 aromatic carbocycles. The number of carbonyl (C=O) groups is 1. The van der Waals surface area contributed by atoms with Gasteiger partial charge in [0.15, 0.2) is 0 Å². The number of carbonyl (C=O) groups excluding carboxylic acids is 1. The summed E-state index contributed by atoms with van der Waals surface area (Å²) in [6, 6.07) is 20.2. The van der Waals surface area contributed by atoms with E-state index in [0.29, 0.717) is 6.61 Å². The number of hydrogen-bond acceptors (Lipinski definition) is 3. The molecule has 0 spiro atoms. The predicted molar refractivity (Wildman–Crippen MR) is 104 cm³/mol. The lowest BCUT2D eigenvalue weighted by molar-refractivity contribution is 0.144. The van der Waals surface area contributed by atoms with E-state index in [1.807, 2.05) is 36.4 Å². The van der Waals surface area contributed by atoms with Crippen LogP contribution < -0.4 is 5.32 Å². The van der Waals surface area contributed by atoms with E-state index in [1.54, 1.807) is 12.4 Å². The lowest BCUT2D eigenvalue weighted by Gasteiger charge is -2.14. The highest BCUT2D eigenvalue weighted by Crippen LogP contribution is 2.44. The number of rotatable bonds is 3. The lowest BCUT2D eigenvalue weighted by Crippen LogP contribution is -2.26. The topological polar surface area (TPSA) is 51.2 Å². The van der Waals surface area contributed by atoms with Crippen LogP contribution in [0.1, 0.15) is 22.6 Å². The molecule has 4 rings (SSSR count). The second-order valence-corrected chi connectivity index (χ2v) is 6.22. The van der Waals surface area contributed by atoms with E-state index in [-0.39, 0.29) is 12.5 Å². The second-order valence-electron chi connectivity index (χ2n) is 6.22. The smallest absolute Gasteiger partial charge is 0.407 e. The maximum absolute atomic E-state index is 12.0. The minimum absolute atomic E-state index is 0.0598. The Balaban J connectivity index is 1.36. The monoisotopic (exact) mass is 354 g/mol. The van der Waals surface area contributed by atoms with E-state index in [4.69, 9.17) is 4.74 Å². The largest absolute Gasteiger partial charge is 0.449 e. The van der Waals surface area contributed by atoms with Crippen LogP contribution in [0.5, 0.6) is 0 Å². The normalized spacial score (nSPS) is 11.7. The molecule has 132 valence electrons. The Labute approximate surface area is 158 Å². The molecule has 27 heavy (non-hydrogen) atoms. The molecule has 1 aliphatic rings. The number of hydrogen-bond donors (Lipinski definition) is 1. The zero-order valence-electron chi connectivity index (χ0n) is 14.7. The van der Waals surface area contributed by atoms with E-state index in [1.165, 1.54) is 22.3 Å². The Morgan fingerprint density at radius 3 is 2.37 bits per heavy atom. The molecule has 0 fully saturated rings. The summed E-state index contributed by atoms with van der Waals surface area (Å²) in [7, 11) is 0. The summed E-state index contributed by atoms with van der Waals surface area (Å²) in [6.07, 6.45) is 2.91. The molecule has 3 aromatic rings. The van der Waals surface area contributed by atoms with Gasteiger partial charge in [-0.15, -0.1) is 0 Å². The van der Waals surface area contributed by atoms with Crippen LogP contribution in [-0.4, -0.2) is 24.2 Å². The first-order valence-corrected chi connectivity index (χ1v) is 8.80. The number of alkyl carbamates (subject to hydrolysis) is 1. The first-order valence-electron chi connectivity index (χ1n) is 8.80. The van der Waals surface area contributed by atoms with Gasteiger partial charge in [0.1, 0.15) is 6.61 Å². The third-order valence-electron chi connectivity index (χ3n) is 4.56. The quantitative estimate of drug-likeness (QED) is 0.724. The SMILES string of the molecule is O=C(NCC#Cc1cccnc1)OCC1c2ccccc2-c2ccccc21. The van der Waals surface area contributed by atoms with Gasteiger partial charge in [-0.05, 0) is 34.4 Å². The highest BCUT2D eigenvalue weighted by Gasteiger charge is 2.28. The van der Waals surface area contributed by atoms with Crippen molar-refractivity contribution in [3.8, 4) is 23.0 Å². The summed E-state index contributed by atoms with van der Waals surface area (Å²) >= 11 is 0. The zero-order chi connectivity index (χ0) is 18.5. The number of benzene rings is 2. The maximum atomic E-state index is 12.0. The standard InChI is InChI=1S/C23H18N2O2/c26-23(25-14-6-8-17-7-5-13-24-15-17)27-16-22-20-11-3-1-9-18(20)19-10-2-4-12-21(19)22/h1-5,7,9-13,15,22H,14,16H2,(H,25,26). The van der Waals surface area contributed by atoms with E-state index in [9.17, 15) is 4.79 Å². The summed E-state index contributed by atoms with van der Waals surface area (Å²) in [5.41, 5.74) is 5.63. The molecule has 4 heteroatoms. The maximum Gasteiger partial charge on any atom is 0.407 e. The molecular formula is C23H18N2O2. The Morgan fingerprint density at radius 2 is 1.70 bits per heavy atom. The minimum atomic E-state index is -0.461. The number of aromatic nitrogens is 1. The lowest BCUT2D eigenvalue weighted by atomic mass is 9.98. The molecule has 0 saturated heterocycles. The molecule has 0 bridgehead atoms. The highest BCUT2D eigenvalue weighted by atomic mass is 16.5. The number of ether oxygens (including phenoxy) is 1. The van der Waals surface area contributed by atoms with Crippen molar-refractivity contribution in [1.82, 2.24) is 10.3 Å². The third kappa shape index (κ3) is 3.68. The Hall–Kier alpha value is -3.58. The summed E-state index contributed by atoms with van der Waals surface area (Å²) in [5.74, 6) is 5.89. The average molecular weight is 354 g/mol. The molecular weight excluding hydrogens is 336 g/mol. The number of amides is 1. The summed E-state index contributed by atoms with van der Waals surface area (Å²) in [5, 5.41) is 2.67. The third-order valence-corrected chi connectivity index (χ3v) is 4.56. The van der Waals surface area contributed by atoms with Crippen LogP contribution in [0.2, 0.25) is 0 Å². The summed E-state index contributed by atoms with van der Waals surface area (Å²) in [4.78, 5) is 16.0. The number of pyridine rings is 1. The van der Waals surface area contributed by atoms with Gasteiger partial charge in [0.05, 0.1) is 6.54 Å². The first kappa shape index (κ1) is 16.9. The van der Waals surface area contributed by atoms with E-state index >= 15 is 0 Å². The van der Waals surface area contributed by atoms with Crippen LogP contribution in [0.3, 0.4) is 0 Å². The minimum Gasteiger partial charge on any atom is -0.449 e. The molecule has 1 aromatic heterocycles. The molecule has 0 unspecified atom stereocenters. The van der Waals surface area contributed by atoms with Crippen LogP contribution in [0.15, 0.2) is 73.1 Å². The van der Waals surface area contributed by atoms with Crippen molar-refractivity contribution in [3.05, 3.63) is 89.7 Å². The van der Waals surface area contributed by atoms with Crippen LogP contribution in [0, 0.1) is 11.8 Å². The fourth-order valence-electron chi connectivity index (χ4n) is 3.35. The van der Waals surface area contributed by atoms with Crippen LogP contribution in [0.4, 0.5) is 4.79 Å². The van der Waals surface area contributed by atoms with Crippen molar-refractivity contribution >= 4 is 6.09 Å². The molecule has 0 radical (unpaired) electrons. The molecule has 0 saturated carbocycles. The molecule has 1 amide bonds. The van der Waals surface area contributed by atoms with Crippen molar-refractivity contribution in [2.45, 2.75) is 5.92 Å². The Bertz CT molecular complexity index is 974. The fourth-order valence-corrected chi connectivity index (χ4v) is 3.35. The molecule has 1 N–H and O–H groups in total. The van der Waals surface area contributed by atoms with Crippen LogP contribution in [0.25, 0.3) is 11.1 Å². The summed E-state index contributed by atoms with van der Waals surface area (Å²) < 4.78 is 5.46. The molecule has 1 aliphatic carbocycles. The van der Waals surface area contributed by atoms with Crippen LogP contribution in [-0.2, 0) is 4.74 Å². The number of fused-ring (bicyclic) bond motifs is 3. The Morgan fingerprint density at radius 1 is 1.00 bits per heavy atom. The highest BCUT2D eigenvalue weighted by molar-refractivity contribution is 5.79. The first-order chi connectivity index (χ1) is 13.3. The van der Waals surface area contributed by atoms with Gasteiger partial charge in [0, 0.05) is 23.9 Å². The number of nitrogens with zero attached hydrogens (tertiary/aromatic N) is 1. The molecule has 1 heterocycles. The van der Waals surface area contributed by atoms with Gasteiger partial charge in [-0.1, -0.05) is 60.4 Å². The van der Waals surface area contributed by atoms with Gasteiger partial charge in [-0.2, -0.15) is 0 Å². The van der Waals surface area contributed by atoms with E-state index in [2.05, 4.69) is 46.4 Å². The molecule has 0 atom stereocenters.